The van der Waals surface area contributed by atoms with E-state index in [1.165, 1.54) is 13.2 Å². The maximum Gasteiger partial charge on any atom is 0.305 e. The molecule has 3 aromatic rings. The Balaban J connectivity index is 1.30. The number of unbranched alkanes of at least 4 members (excludes halogenated alkanes) is 1. The summed E-state index contributed by atoms with van der Waals surface area (Å²) in [5, 5.41) is 61.8. The number of ether oxygens (including phenoxy) is 3. The SMILES string of the molecule is COC(=O)CCCCN1C(=O)[C@]2(O[C@H](CCn3cc(C(CO)c4ccccc4)nn3)[C@@H]([Si](C)(C)F)[C@@H]2C)c2cc(NC(=O)[C@H]3O[C@@H](O)[C@H](O)[C@@H](O)[C@@H]3O)ccc21. The second-order valence-electron chi connectivity index (χ2n) is 15.2. The number of aryl methyl sites for hydroxylation is 1. The number of methoxy groups -OCH3 is 1. The van der Waals surface area contributed by atoms with Gasteiger partial charge in [0.1, 0.15) is 18.3 Å². The number of hydrogen-bond donors (Lipinski definition) is 6. The molecular formula is C38H50FN5O11Si. The van der Waals surface area contributed by atoms with Crippen molar-refractivity contribution < 1.29 is 58.2 Å². The molecule has 6 N–H and O–H groups in total. The summed E-state index contributed by atoms with van der Waals surface area (Å²) >= 11 is 0. The van der Waals surface area contributed by atoms with Gasteiger partial charge in [-0.1, -0.05) is 42.5 Å². The number of carbonyl (C=O) groups excluding carboxylic acids is 3. The van der Waals surface area contributed by atoms with E-state index in [1.54, 1.807) is 47.9 Å². The van der Waals surface area contributed by atoms with Crippen LogP contribution in [-0.2, 0) is 40.7 Å². The third-order valence-corrected chi connectivity index (χ3v) is 13.7. The van der Waals surface area contributed by atoms with Crippen LogP contribution in [0.5, 0.6) is 0 Å². The second-order valence-corrected chi connectivity index (χ2v) is 19.0. The van der Waals surface area contributed by atoms with E-state index in [1.807, 2.05) is 30.3 Å². The molecule has 16 nitrogen and oxygen atoms in total. The summed E-state index contributed by atoms with van der Waals surface area (Å²) in [4.78, 5) is 41.5. The van der Waals surface area contributed by atoms with Crippen molar-refractivity contribution in [3.05, 3.63) is 71.5 Å². The van der Waals surface area contributed by atoms with E-state index in [2.05, 4.69) is 15.6 Å². The van der Waals surface area contributed by atoms with Crippen LogP contribution >= 0.6 is 0 Å². The number of rotatable bonds is 14. The predicted molar refractivity (Wildman–Crippen MR) is 200 cm³/mol. The van der Waals surface area contributed by atoms with Gasteiger partial charge in [-0.05, 0) is 56.1 Å². The molecular weight excluding hydrogens is 750 g/mol. The Bertz CT molecular complexity index is 1880. The van der Waals surface area contributed by atoms with Crippen molar-refractivity contribution in [2.24, 2.45) is 5.92 Å². The van der Waals surface area contributed by atoms with Crippen molar-refractivity contribution in [2.75, 3.05) is 30.5 Å². The van der Waals surface area contributed by atoms with Gasteiger partial charge in [0, 0.05) is 48.4 Å². The number of hydrogen-bond acceptors (Lipinski definition) is 13. The van der Waals surface area contributed by atoms with E-state index in [-0.39, 0.29) is 44.2 Å². The molecule has 1 aromatic heterocycles. The van der Waals surface area contributed by atoms with Gasteiger partial charge in [-0.15, -0.1) is 5.10 Å². The molecule has 18 heteroatoms. The maximum absolute atomic E-state index is 16.5. The first-order valence-electron chi connectivity index (χ1n) is 18.8. The highest BCUT2D eigenvalue weighted by atomic mass is 28.4. The van der Waals surface area contributed by atoms with Crippen LogP contribution in [0.15, 0.2) is 54.7 Å². The highest BCUT2D eigenvalue weighted by Crippen LogP contribution is 2.60. The number of nitrogens with zero attached hydrogens (tertiary/aromatic N) is 4. The molecule has 1 spiro atoms. The summed E-state index contributed by atoms with van der Waals surface area (Å²) < 4.78 is 34.8. The van der Waals surface area contributed by atoms with E-state index in [0.29, 0.717) is 29.8 Å². The first-order chi connectivity index (χ1) is 26.6. The Labute approximate surface area is 324 Å². The smallest absolute Gasteiger partial charge is 0.305 e. The molecule has 0 saturated carbocycles. The van der Waals surface area contributed by atoms with Crippen molar-refractivity contribution >= 4 is 37.6 Å². The molecule has 6 rings (SSSR count). The van der Waals surface area contributed by atoms with E-state index < -0.39 is 80.0 Å². The third kappa shape index (κ3) is 7.88. The highest BCUT2D eigenvalue weighted by molar-refractivity contribution is 6.72. The van der Waals surface area contributed by atoms with Crippen LogP contribution in [-0.4, -0.2) is 124 Å². The number of aliphatic hydroxyl groups excluding tert-OH is 5. The molecule has 4 heterocycles. The van der Waals surface area contributed by atoms with E-state index >= 15 is 4.11 Å². The fraction of sp³-hybridized carbons (Fsp3) is 0.553. The lowest BCUT2D eigenvalue weighted by atomic mass is 9.82. The molecule has 3 aliphatic rings. The van der Waals surface area contributed by atoms with E-state index in [0.717, 1.165) is 5.56 Å². The summed E-state index contributed by atoms with van der Waals surface area (Å²) in [6.07, 6.45) is -6.91. The number of benzene rings is 2. The third-order valence-electron chi connectivity index (χ3n) is 11.3. The van der Waals surface area contributed by atoms with Gasteiger partial charge in [-0.2, -0.15) is 0 Å². The number of esters is 1. The van der Waals surface area contributed by atoms with Crippen molar-refractivity contribution in [1.29, 1.82) is 0 Å². The number of aliphatic hydroxyl groups is 5. The zero-order valence-corrected chi connectivity index (χ0v) is 32.7. The number of halogens is 1. The number of carbonyl (C=O) groups is 3. The maximum atomic E-state index is 16.5. The number of amides is 2. The summed E-state index contributed by atoms with van der Waals surface area (Å²) in [6, 6.07) is 14.1. The molecule has 3 aliphatic heterocycles. The zero-order valence-electron chi connectivity index (χ0n) is 31.7. The van der Waals surface area contributed by atoms with Crippen LogP contribution in [0.4, 0.5) is 15.5 Å². The van der Waals surface area contributed by atoms with Gasteiger partial charge in [-0.3, -0.25) is 19.1 Å². The molecule has 2 amide bonds. The average Bonchev–Trinajstić information content (AvgIpc) is 3.83. The lowest BCUT2D eigenvalue weighted by Gasteiger charge is -2.37. The summed E-state index contributed by atoms with van der Waals surface area (Å²) in [7, 11) is -2.26. The molecule has 0 bridgehead atoms. The first kappa shape index (κ1) is 41.5. The minimum absolute atomic E-state index is 0.157. The lowest BCUT2D eigenvalue weighted by Crippen LogP contribution is -2.60. The molecule has 1 unspecified atom stereocenters. The lowest BCUT2D eigenvalue weighted by molar-refractivity contribution is -0.274. The van der Waals surface area contributed by atoms with Crippen LogP contribution in [0, 0.1) is 5.92 Å². The minimum atomic E-state index is -3.56. The monoisotopic (exact) mass is 799 g/mol. The second kappa shape index (κ2) is 16.8. The molecule has 2 saturated heterocycles. The van der Waals surface area contributed by atoms with Crippen LogP contribution in [0.2, 0.25) is 18.6 Å². The Morgan fingerprint density at radius 1 is 1.05 bits per heavy atom. The van der Waals surface area contributed by atoms with Crippen LogP contribution in [0.1, 0.15) is 55.3 Å². The van der Waals surface area contributed by atoms with Crippen LogP contribution in [0.3, 0.4) is 0 Å². The number of anilines is 2. The van der Waals surface area contributed by atoms with Gasteiger partial charge in [-0.25, -0.2) is 0 Å². The van der Waals surface area contributed by atoms with Gasteiger partial charge in [0.25, 0.3) is 11.8 Å². The zero-order chi connectivity index (χ0) is 40.5. The fourth-order valence-electron chi connectivity index (χ4n) is 8.45. The Morgan fingerprint density at radius 3 is 2.46 bits per heavy atom. The standard InChI is InChI=1S/C38H50FN5O11Si/c1-21-34(56(3,4)39)28(15-17-43-19-26(41-42-43)24(20-45)22-10-6-5-7-11-22)55-38(21)25-18-23(40-35(50)33-31(48)30(47)32(49)36(51)54-33)13-14-27(25)44(37(38)52)16-9-8-12-29(46)53-2/h5-7,10-11,13-14,18-19,21,24,28,30-34,36,45,47-49,51H,8-9,12,15-17,20H2,1-4H3,(H,40,50)/t21-,24?,28+,30-,31-,32+,33-,34-,36+,38+/m0/s1. The van der Waals surface area contributed by atoms with Crippen molar-refractivity contribution in [3.63, 3.8) is 0 Å². The normalized spacial score (nSPS) is 29.4. The topological polar surface area (TPSA) is 226 Å². The average molecular weight is 800 g/mol. The molecule has 304 valence electrons. The number of nitrogens with one attached hydrogen (secondary N) is 1. The van der Waals surface area contributed by atoms with Crippen molar-refractivity contribution in [3.8, 4) is 0 Å². The Hall–Kier alpha value is -4.14. The molecule has 56 heavy (non-hydrogen) atoms. The van der Waals surface area contributed by atoms with Crippen molar-refractivity contribution in [1.82, 2.24) is 15.0 Å². The fourth-order valence-corrected chi connectivity index (χ4v) is 11.0. The number of fused-ring (bicyclic) bond motifs is 2. The molecule has 2 fully saturated rings. The van der Waals surface area contributed by atoms with Gasteiger partial charge in [0.2, 0.25) is 8.41 Å². The summed E-state index contributed by atoms with van der Waals surface area (Å²) in [5.74, 6) is -2.78. The molecule has 0 aliphatic carbocycles. The predicted octanol–water partition coefficient (Wildman–Crippen LogP) is 1.70. The van der Waals surface area contributed by atoms with Crippen molar-refractivity contribution in [2.45, 2.75) is 106 Å². The number of aromatic nitrogens is 3. The van der Waals surface area contributed by atoms with Gasteiger partial charge in [0.15, 0.2) is 18.0 Å². The Kier molecular flexibility index (Phi) is 12.4. The summed E-state index contributed by atoms with van der Waals surface area (Å²) in [6.45, 7) is 5.28. The first-order valence-corrected chi connectivity index (χ1v) is 21.7. The molecule has 2 aromatic carbocycles. The minimum Gasteiger partial charge on any atom is -0.469 e. The van der Waals surface area contributed by atoms with Crippen LogP contribution in [0.25, 0.3) is 0 Å². The summed E-state index contributed by atoms with van der Waals surface area (Å²) in [5.41, 5.74) is 0.163. The quantitative estimate of drug-likeness (QED) is 0.0592. The van der Waals surface area contributed by atoms with E-state index in [4.69, 9.17) is 14.2 Å². The molecule has 10 atom stereocenters. The Morgan fingerprint density at radius 2 is 1.79 bits per heavy atom. The molecule has 0 radical (unpaired) electrons. The highest BCUT2D eigenvalue weighted by Gasteiger charge is 2.66. The van der Waals surface area contributed by atoms with Crippen LogP contribution < -0.4 is 10.2 Å². The van der Waals surface area contributed by atoms with Gasteiger partial charge in [0.05, 0.1) is 37.1 Å². The van der Waals surface area contributed by atoms with E-state index in [9.17, 15) is 39.9 Å². The van der Waals surface area contributed by atoms with Gasteiger partial charge < -0.3 is 54.1 Å². The van der Waals surface area contributed by atoms with Gasteiger partial charge >= 0.3 is 5.97 Å². The largest absolute Gasteiger partial charge is 0.469 e.